The third-order valence-electron chi connectivity index (χ3n) is 3.19. The number of benzene rings is 1. The fourth-order valence-electron chi connectivity index (χ4n) is 1.77. The average molecular weight is 424 g/mol. The molecule has 1 fully saturated rings. The van der Waals surface area contributed by atoms with Crippen LogP contribution in [0.3, 0.4) is 0 Å². The first kappa shape index (κ1) is 18.2. The number of nitrogens with zero attached hydrogens (tertiary/aromatic N) is 1. The van der Waals surface area contributed by atoms with Gasteiger partial charge in [-0.2, -0.15) is 0 Å². The molecular formula is C13H21IN4O2S. The van der Waals surface area contributed by atoms with E-state index in [1.807, 2.05) is 0 Å². The summed E-state index contributed by atoms with van der Waals surface area (Å²) in [5.74, 6) is 1.54. The zero-order valence-corrected chi connectivity index (χ0v) is 15.0. The van der Waals surface area contributed by atoms with Gasteiger partial charge in [-0.05, 0) is 36.5 Å². The van der Waals surface area contributed by atoms with Crippen molar-refractivity contribution < 1.29 is 8.42 Å². The summed E-state index contributed by atoms with van der Waals surface area (Å²) in [7, 11) is -1.89. The second-order valence-corrected chi connectivity index (χ2v) is 6.50. The molecule has 4 N–H and O–H groups in total. The van der Waals surface area contributed by atoms with Gasteiger partial charge in [-0.3, -0.25) is 4.99 Å². The van der Waals surface area contributed by atoms with Gasteiger partial charge in [-0.1, -0.05) is 12.1 Å². The fraction of sp³-hybridized carbons (Fsp3) is 0.462. The van der Waals surface area contributed by atoms with E-state index in [4.69, 9.17) is 5.14 Å². The first-order valence-corrected chi connectivity index (χ1v) is 8.10. The van der Waals surface area contributed by atoms with Gasteiger partial charge in [0.1, 0.15) is 0 Å². The Balaban J connectivity index is 0.00000220. The lowest BCUT2D eigenvalue weighted by molar-refractivity contribution is 0.597. The average Bonchev–Trinajstić information content (AvgIpc) is 3.22. The Bertz CT molecular complexity index is 583. The van der Waals surface area contributed by atoms with Gasteiger partial charge < -0.3 is 10.6 Å². The Morgan fingerprint density at radius 3 is 2.38 bits per heavy atom. The third-order valence-corrected chi connectivity index (χ3v) is 4.12. The molecule has 2 rings (SSSR count). The van der Waals surface area contributed by atoms with Crippen molar-refractivity contribution in [3.8, 4) is 0 Å². The van der Waals surface area contributed by atoms with Crippen molar-refractivity contribution in [1.29, 1.82) is 0 Å². The van der Waals surface area contributed by atoms with Gasteiger partial charge in [0.05, 0.1) is 4.90 Å². The Hall–Kier alpha value is -0.870. The lowest BCUT2D eigenvalue weighted by Crippen LogP contribution is -2.37. The second kappa shape index (κ2) is 7.95. The molecule has 0 heterocycles. The number of hydrogen-bond acceptors (Lipinski definition) is 3. The monoisotopic (exact) mass is 424 g/mol. The van der Waals surface area contributed by atoms with E-state index in [-0.39, 0.29) is 28.9 Å². The van der Waals surface area contributed by atoms with E-state index < -0.39 is 10.0 Å². The number of primary sulfonamides is 1. The molecule has 0 unspecified atom stereocenters. The Kier molecular flexibility index (Phi) is 6.88. The van der Waals surface area contributed by atoms with Crippen molar-refractivity contribution in [3.05, 3.63) is 29.8 Å². The van der Waals surface area contributed by atoms with Crippen molar-refractivity contribution in [3.63, 3.8) is 0 Å². The minimum Gasteiger partial charge on any atom is -0.356 e. The lowest BCUT2D eigenvalue weighted by atomic mass is 10.2. The van der Waals surface area contributed by atoms with Gasteiger partial charge in [0, 0.05) is 20.1 Å². The van der Waals surface area contributed by atoms with Crippen molar-refractivity contribution >= 4 is 40.0 Å². The number of halogens is 1. The summed E-state index contributed by atoms with van der Waals surface area (Å²) in [6.07, 6.45) is 2.58. The molecule has 1 aromatic rings. The third kappa shape index (κ3) is 6.18. The van der Waals surface area contributed by atoms with Crippen molar-refractivity contribution in [2.75, 3.05) is 13.6 Å². The molecule has 0 radical (unpaired) electrons. The van der Waals surface area contributed by atoms with Gasteiger partial charge >= 0.3 is 0 Å². The predicted octanol–water partition coefficient (Wildman–Crippen LogP) is 1.03. The SMILES string of the molecule is CN=C(NCc1ccc(S(N)(=O)=O)cc1)NCC1CC1.I. The molecule has 0 atom stereocenters. The largest absolute Gasteiger partial charge is 0.356 e. The number of sulfonamides is 1. The van der Waals surface area contributed by atoms with Crippen LogP contribution in [-0.2, 0) is 16.6 Å². The van der Waals surface area contributed by atoms with Crippen LogP contribution in [0.25, 0.3) is 0 Å². The Morgan fingerprint density at radius 1 is 1.29 bits per heavy atom. The maximum atomic E-state index is 11.1. The van der Waals surface area contributed by atoms with Crippen LogP contribution in [0.2, 0.25) is 0 Å². The summed E-state index contributed by atoms with van der Waals surface area (Å²) >= 11 is 0. The zero-order chi connectivity index (χ0) is 14.6. The molecule has 1 aromatic carbocycles. The molecule has 8 heteroatoms. The van der Waals surface area contributed by atoms with E-state index in [2.05, 4.69) is 15.6 Å². The van der Waals surface area contributed by atoms with E-state index in [1.165, 1.54) is 25.0 Å². The van der Waals surface area contributed by atoms with Crippen molar-refractivity contribution in [1.82, 2.24) is 10.6 Å². The predicted molar refractivity (Wildman–Crippen MR) is 94.2 cm³/mol. The highest BCUT2D eigenvalue weighted by molar-refractivity contribution is 14.0. The van der Waals surface area contributed by atoms with Crippen LogP contribution < -0.4 is 15.8 Å². The van der Waals surface area contributed by atoms with E-state index >= 15 is 0 Å². The van der Waals surface area contributed by atoms with Crippen LogP contribution in [-0.4, -0.2) is 28.0 Å². The first-order chi connectivity index (χ1) is 9.49. The van der Waals surface area contributed by atoms with Crippen LogP contribution in [0.5, 0.6) is 0 Å². The first-order valence-electron chi connectivity index (χ1n) is 6.55. The summed E-state index contributed by atoms with van der Waals surface area (Å²) in [6, 6.07) is 6.49. The minimum atomic E-state index is -3.62. The van der Waals surface area contributed by atoms with E-state index in [0.717, 1.165) is 24.0 Å². The molecule has 1 saturated carbocycles. The second-order valence-electron chi connectivity index (χ2n) is 4.94. The smallest absolute Gasteiger partial charge is 0.238 e. The molecule has 118 valence electrons. The molecule has 1 aliphatic rings. The highest BCUT2D eigenvalue weighted by Crippen LogP contribution is 2.27. The Morgan fingerprint density at radius 2 is 1.90 bits per heavy atom. The quantitative estimate of drug-likeness (QED) is 0.374. The van der Waals surface area contributed by atoms with Gasteiger partial charge in [0.2, 0.25) is 10.0 Å². The standard InChI is InChI=1S/C13H20N4O2S.HI/c1-15-13(16-8-10-2-3-10)17-9-11-4-6-12(7-5-11)20(14,18)19;/h4-7,10H,2-3,8-9H2,1H3,(H2,14,18,19)(H2,15,16,17);1H. The number of aliphatic imine (C=N–C) groups is 1. The molecular weight excluding hydrogens is 403 g/mol. The number of rotatable bonds is 5. The topological polar surface area (TPSA) is 96.6 Å². The van der Waals surface area contributed by atoms with Crippen LogP contribution >= 0.6 is 24.0 Å². The number of nitrogens with one attached hydrogen (secondary N) is 2. The molecule has 1 aliphatic carbocycles. The van der Waals surface area contributed by atoms with Gasteiger partial charge in [-0.25, -0.2) is 13.6 Å². The summed E-state index contributed by atoms with van der Waals surface area (Å²) in [5.41, 5.74) is 0.965. The van der Waals surface area contributed by atoms with E-state index in [1.54, 1.807) is 19.2 Å². The summed E-state index contributed by atoms with van der Waals surface area (Å²) in [5, 5.41) is 11.5. The molecule has 0 aromatic heterocycles. The van der Waals surface area contributed by atoms with Gasteiger partial charge in [0.15, 0.2) is 5.96 Å². The molecule has 6 nitrogen and oxygen atoms in total. The zero-order valence-electron chi connectivity index (χ0n) is 11.9. The molecule has 21 heavy (non-hydrogen) atoms. The molecule has 0 amide bonds. The Labute approximate surface area is 142 Å². The molecule has 0 bridgehead atoms. The van der Waals surface area contributed by atoms with Crippen LogP contribution in [0.15, 0.2) is 34.2 Å². The summed E-state index contributed by atoms with van der Waals surface area (Å²) in [6.45, 7) is 1.53. The maximum Gasteiger partial charge on any atom is 0.238 e. The lowest BCUT2D eigenvalue weighted by Gasteiger charge is -2.11. The van der Waals surface area contributed by atoms with E-state index in [0.29, 0.717) is 6.54 Å². The van der Waals surface area contributed by atoms with Crippen molar-refractivity contribution in [2.24, 2.45) is 16.0 Å². The van der Waals surface area contributed by atoms with Gasteiger partial charge in [0.25, 0.3) is 0 Å². The minimum absolute atomic E-state index is 0. The van der Waals surface area contributed by atoms with Crippen LogP contribution in [0, 0.1) is 5.92 Å². The summed E-state index contributed by atoms with van der Waals surface area (Å²) < 4.78 is 22.3. The van der Waals surface area contributed by atoms with E-state index in [9.17, 15) is 8.42 Å². The number of guanidine groups is 1. The summed E-state index contributed by atoms with van der Waals surface area (Å²) in [4.78, 5) is 4.26. The highest BCUT2D eigenvalue weighted by Gasteiger charge is 2.20. The van der Waals surface area contributed by atoms with Crippen LogP contribution in [0.4, 0.5) is 0 Å². The van der Waals surface area contributed by atoms with Gasteiger partial charge in [-0.15, -0.1) is 24.0 Å². The van der Waals surface area contributed by atoms with Crippen LogP contribution in [0.1, 0.15) is 18.4 Å². The molecule has 0 saturated heterocycles. The molecule has 0 aliphatic heterocycles. The maximum absolute atomic E-state index is 11.1. The fourth-order valence-corrected chi connectivity index (χ4v) is 2.28. The van der Waals surface area contributed by atoms with Crippen molar-refractivity contribution in [2.45, 2.75) is 24.3 Å². The number of nitrogens with two attached hydrogens (primary N) is 1. The normalized spacial score (nSPS) is 15.2. The molecule has 0 spiro atoms. The number of hydrogen-bond donors (Lipinski definition) is 3. The highest BCUT2D eigenvalue weighted by atomic mass is 127.